The summed E-state index contributed by atoms with van der Waals surface area (Å²) in [6.07, 6.45) is 0. The van der Waals surface area contributed by atoms with E-state index in [1.807, 2.05) is 48.5 Å². The third-order valence-corrected chi connectivity index (χ3v) is 3.35. The molecular formula is C16H15N5O. The molecule has 0 aliphatic carbocycles. The zero-order chi connectivity index (χ0) is 15.4. The number of carbonyl (C=O) groups is 1. The van der Waals surface area contributed by atoms with E-state index < -0.39 is 0 Å². The Morgan fingerprint density at radius 1 is 1.09 bits per heavy atom. The predicted molar refractivity (Wildman–Crippen MR) is 81.8 cm³/mol. The zero-order valence-corrected chi connectivity index (χ0v) is 12.1. The van der Waals surface area contributed by atoms with Gasteiger partial charge < -0.3 is 5.32 Å². The van der Waals surface area contributed by atoms with E-state index in [2.05, 4.69) is 20.8 Å². The van der Waals surface area contributed by atoms with E-state index in [-0.39, 0.29) is 12.5 Å². The van der Waals surface area contributed by atoms with Crippen LogP contribution in [0.5, 0.6) is 0 Å². The van der Waals surface area contributed by atoms with Crippen LogP contribution in [0.25, 0.3) is 11.1 Å². The van der Waals surface area contributed by atoms with E-state index in [0.29, 0.717) is 11.4 Å². The van der Waals surface area contributed by atoms with Crippen molar-refractivity contribution in [3.8, 4) is 11.1 Å². The molecular weight excluding hydrogens is 278 g/mol. The summed E-state index contributed by atoms with van der Waals surface area (Å²) >= 11 is 0. The average molecular weight is 293 g/mol. The summed E-state index contributed by atoms with van der Waals surface area (Å²) in [6, 6.07) is 17.5. The molecule has 22 heavy (non-hydrogen) atoms. The van der Waals surface area contributed by atoms with Crippen molar-refractivity contribution in [2.24, 2.45) is 7.05 Å². The van der Waals surface area contributed by atoms with Crippen molar-refractivity contribution in [3.63, 3.8) is 0 Å². The Morgan fingerprint density at radius 2 is 1.86 bits per heavy atom. The molecule has 0 unspecified atom stereocenters. The van der Waals surface area contributed by atoms with Gasteiger partial charge in [-0.3, -0.25) is 4.79 Å². The largest absolute Gasteiger partial charge is 0.345 e. The van der Waals surface area contributed by atoms with Crippen molar-refractivity contribution >= 4 is 5.91 Å². The summed E-state index contributed by atoms with van der Waals surface area (Å²) in [7, 11) is 1.73. The van der Waals surface area contributed by atoms with Crippen LogP contribution in [0.2, 0.25) is 0 Å². The molecule has 110 valence electrons. The third kappa shape index (κ3) is 3.01. The van der Waals surface area contributed by atoms with Crippen LogP contribution in [0.3, 0.4) is 0 Å². The lowest BCUT2D eigenvalue weighted by molar-refractivity contribution is 0.0949. The monoisotopic (exact) mass is 293 g/mol. The van der Waals surface area contributed by atoms with Crippen LogP contribution in [0.1, 0.15) is 16.2 Å². The first-order chi connectivity index (χ1) is 10.7. The Bertz CT molecular complexity index is 782. The van der Waals surface area contributed by atoms with E-state index in [1.54, 1.807) is 13.1 Å². The van der Waals surface area contributed by atoms with Gasteiger partial charge in [0.15, 0.2) is 5.82 Å². The highest BCUT2D eigenvalue weighted by Gasteiger charge is 2.09. The molecule has 0 saturated heterocycles. The Labute approximate surface area is 127 Å². The fourth-order valence-corrected chi connectivity index (χ4v) is 2.13. The fraction of sp³-hybridized carbons (Fsp3) is 0.125. The molecule has 0 aliphatic rings. The van der Waals surface area contributed by atoms with Gasteiger partial charge in [-0.25, -0.2) is 4.68 Å². The van der Waals surface area contributed by atoms with Crippen LogP contribution in [0.15, 0.2) is 54.6 Å². The lowest BCUT2D eigenvalue weighted by atomic mass is 10.0. The quantitative estimate of drug-likeness (QED) is 0.796. The number of rotatable bonds is 4. The van der Waals surface area contributed by atoms with E-state index in [1.165, 1.54) is 4.68 Å². The maximum Gasteiger partial charge on any atom is 0.251 e. The van der Waals surface area contributed by atoms with Crippen LogP contribution < -0.4 is 5.32 Å². The summed E-state index contributed by atoms with van der Waals surface area (Å²) < 4.78 is 1.53. The smallest absolute Gasteiger partial charge is 0.251 e. The summed E-state index contributed by atoms with van der Waals surface area (Å²) in [5.41, 5.74) is 2.69. The number of hydrogen-bond donors (Lipinski definition) is 1. The highest BCUT2D eigenvalue weighted by molar-refractivity contribution is 5.95. The number of carbonyl (C=O) groups excluding carboxylic acids is 1. The molecule has 1 aromatic heterocycles. The lowest BCUT2D eigenvalue weighted by Crippen LogP contribution is -2.24. The average Bonchev–Trinajstić information content (AvgIpc) is 2.99. The molecule has 3 aromatic rings. The van der Waals surface area contributed by atoms with Crippen LogP contribution in [-0.2, 0) is 13.6 Å². The number of amides is 1. The molecule has 0 bridgehead atoms. The van der Waals surface area contributed by atoms with E-state index >= 15 is 0 Å². The van der Waals surface area contributed by atoms with Crippen LogP contribution in [-0.4, -0.2) is 26.1 Å². The van der Waals surface area contributed by atoms with Gasteiger partial charge in [-0.1, -0.05) is 42.5 Å². The van der Waals surface area contributed by atoms with Crippen molar-refractivity contribution in [3.05, 3.63) is 66.0 Å². The van der Waals surface area contributed by atoms with Crippen molar-refractivity contribution in [2.75, 3.05) is 0 Å². The Balaban J connectivity index is 1.74. The maximum absolute atomic E-state index is 12.2. The number of nitrogens with one attached hydrogen (secondary N) is 1. The number of tetrazole rings is 1. The van der Waals surface area contributed by atoms with Gasteiger partial charge in [0, 0.05) is 12.6 Å². The van der Waals surface area contributed by atoms with Gasteiger partial charge in [-0.05, 0) is 33.7 Å². The van der Waals surface area contributed by atoms with Crippen LogP contribution in [0.4, 0.5) is 0 Å². The minimum atomic E-state index is -0.152. The van der Waals surface area contributed by atoms with E-state index in [0.717, 1.165) is 11.1 Å². The zero-order valence-electron chi connectivity index (χ0n) is 12.1. The number of hydrogen-bond acceptors (Lipinski definition) is 4. The lowest BCUT2D eigenvalue weighted by Gasteiger charge is -2.06. The van der Waals surface area contributed by atoms with Crippen LogP contribution in [0, 0.1) is 0 Å². The van der Waals surface area contributed by atoms with Crippen molar-refractivity contribution in [1.82, 2.24) is 25.5 Å². The fourth-order valence-electron chi connectivity index (χ4n) is 2.13. The molecule has 6 nitrogen and oxygen atoms in total. The topological polar surface area (TPSA) is 72.7 Å². The standard InChI is InChI=1S/C16H15N5O/c1-21-15(18-19-20-21)11-17-16(22)14-9-5-8-13(10-14)12-6-3-2-4-7-12/h2-10H,11H2,1H3,(H,17,22). The predicted octanol–water partition coefficient (Wildman–Crippen LogP) is 1.81. The molecule has 0 radical (unpaired) electrons. The van der Waals surface area contributed by atoms with Gasteiger partial charge in [0.25, 0.3) is 5.91 Å². The van der Waals surface area contributed by atoms with Gasteiger partial charge in [0.05, 0.1) is 6.54 Å². The summed E-state index contributed by atoms with van der Waals surface area (Å²) in [6.45, 7) is 0.290. The molecule has 1 amide bonds. The van der Waals surface area contributed by atoms with Gasteiger partial charge in [0.1, 0.15) is 0 Å². The molecule has 0 saturated carbocycles. The Morgan fingerprint density at radius 3 is 2.59 bits per heavy atom. The Hall–Kier alpha value is -3.02. The van der Waals surface area contributed by atoms with Gasteiger partial charge in [-0.2, -0.15) is 0 Å². The molecule has 0 fully saturated rings. The van der Waals surface area contributed by atoms with Gasteiger partial charge >= 0.3 is 0 Å². The van der Waals surface area contributed by atoms with Crippen molar-refractivity contribution in [2.45, 2.75) is 6.54 Å². The van der Waals surface area contributed by atoms with Gasteiger partial charge in [-0.15, -0.1) is 5.10 Å². The number of aromatic nitrogens is 4. The summed E-state index contributed by atoms with van der Waals surface area (Å²) in [4.78, 5) is 12.2. The van der Waals surface area contributed by atoms with E-state index in [9.17, 15) is 4.79 Å². The number of benzene rings is 2. The summed E-state index contributed by atoms with van der Waals surface area (Å²) in [5, 5.41) is 13.9. The first-order valence-corrected chi connectivity index (χ1v) is 6.89. The second-order valence-corrected chi connectivity index (χ2v) is 4.85. The van der Waals surface area contributed by atoms with Crippen molar-refractivity contribution in [1.29, 1.82) is 0 Å². The molecule has 0 aliphatic heterocycles. The van der Waals surface area contributed by atoms with E-state index in [4.69, 9.17) is 0 Å². The number of aryl methyl sites for hydroxylation is 1. The highest BCUT2D eigenvalue weighted by Crippen LogP contribution is 2.19. The summed E-state index contributed by atoms with van der Waals surface area (Å²) in [5.74, 6) is 0.452. The third-order valence-electron chi connectivity index (χ3n) is 3.35. The Kier molecular flexibility index (Phi) is 3.91. The van der Waals surface area contributed by atoms with Gasteiger partial charge in [0.2, 0.25) is 0 Å². The molecule has 3 rings (SSSR count). The molecule has 6 heteroatoms. The minimum Gasteiger partial charge on any atom is -0.345 e. The molecule has 1 heterocycles. The maximum atomic E-state index is 12.2. The molecule has 2 aromatic carbocycles. The number of nitrogens with zero attached hydrogens (tertiary/aromatic N) is 4. The molecule has 0 atom stereocenters. The first kappa shape index (κ1) is 13.9. The first-order valence-electron chi connectivity index (χ1n) is 6.89. The second-order valence-electron chi connectivity index (χ2n) is 4.85. The molecule has 1 N–H and O–H groups in total. The highest BCUT2D eigenvalue weighted by atomic mass is 16.1. The van der Waals surface area contributed by atoms with Crippen molar-refractivity contribution < 1.29 is 4.79 Å². The van der Waals surface area contributed by atoms with Crippen LogP contribution >= 0.6 is 0 Å². The second kappa shape index (κ2) is 6.17. The SMILES string of the molecule is Cn1nnnc1CNC(=O)c1cccc(-c2ccccc2)c1. The minimum absolute atomic E-state index is 0.152. The molecule has 0 spiro atoms. The normalized spacial score (nSPS) is 10.4.